The van der Waals surface area contributed by atoms with Crippen LogP contribution >= 0.6 is 0 Å². The predicted octanol–water partition coefficient (Wildman–Crippen LogP) is -0.283. The van der Waals surface area contributed by atoms with E-state index in [4.69, 9.17) is 6.42 Å². The van der Waals surface area contributed by atoms with E-state index < -0.39 is 9.84 Å². The Balaban J connectivity index is 2.40. The molecule has 1 heterocycles. The highest BCUT2D eigenvalue weighted by Crippen LogP contribution is 2.17. The third kappa shape index (κ3) is 3.78. The molecule has 2 atom stereocenters. The molecule has 5 heteroatoms. The number of rotatable bonds is 5. The van der Waals surface area contributed by atoms with Gasteiger partial charge in [-0.2, -0.15) is 0 Å². The summed E-state index contributed by atoms with van der Waals surface area (Å²) >= 11 is 0. The minimum absolute atomic E-state index is 0.160. The maximum absolute atomic E-state index is 11.4. The summed E-state index contributed by atoms with van der Waals surface area (Å²) in [5, 5.41) is 3.13. The third-order valence-electron chi connectivity index (χ3n) is 3.15. The van der Waals surface area contributed by atoms with E-state index in [9.17, 15) is 8.42 Å². The Morgan fingerprint density at radius 2 is 2.31 bits per heavy atom. The van der Waals surface area contributed by atoms with Crippen LogP contribution in [-0.4, -0.2) is 57.0 Å². The van der Waals surface area contributed by atoms with E-state index in [0.29, 0.717) is 24.1 Å². The quantitative estimate of drug-likeness (QED) is 0.534. The summed E-state index contributed by atoms with van der Waals surface area (Å²) in [5.74, 6) is 3.14. The molecule has 1 aliphatic heterocycles. The summed E-state index contributed by atoms with van der Waals surface area (Å²) in [6.45, 7) is 3.42. The Labute approximate surface area is 98.3 Å². The predicted molar refractivity (Wildman–Crippen MR) is 66.0 cm³/mol. The molecule has 1 rings (SSSR count). The fourth-order valence-corrected chi connectivity index (χ4v) is 3.74. The van der Waals surface area contributed by atoms with E-state index in [-0.39, 0.29) is 6.04 Å². The van der Waals surface area contributed by atoms with Gasteiger partial charge in [0, 0.05) is 18.6 Å². The van der Waals surface area contributed by atoms with Gasteiger partial charge in [-0.15, -0.1) is 6.42 Å². The summed E-state index contributed by atoms with van der Waals surface area (Å²) in [4.78, 5) is 2.13. The minimum Gasteiger partial charge on any atom is -0.305 e. The van der Waals surface area contributed by atoms with Crippen molar-refractivity contribution in [3.63, 3.8) is 0 Å². The number of hydrogen-bond acceptors (Lipinski definition) is 4. The normalized spacial score (nSPS) is 25.5. The van der Waals surface area contributed by atoms with Crippen LogP contribution in [0.3, 0.4) is 0 Å². The first-order chi connectivity index (χ1) is 7.46. The lowest BCUT2D eigenvalue weighted by Gasteiger charge is -2.29. The monoisotopic (exact) mass is 244 g/mol. The van der Waals surface area contributed by atoms with Crippen LogP contribution < -0.4 is 5.32 Å². The molecule has 0 bridgehead atoms. The largest absolute Gasteiger partial charge is 0.305 e. The van der Waals surface area contributed by atoms with Crippen molar-refractivity contribution < 1.29 is 8.42 Å². The molecule has 0 aliphatic carbocycles. The van der Waals surface area contributed by atoms with E-state index in [2.05, 4.69) is 23.1 Å². The van der Waals surface area contributed by atoms with Crippen LogP contribution in [0.5, 0.6) is 0 Å². The molecular weight excluding hydrogens is 224 g/mol. The van der Waals surface area contributed by atoms with Crippen molar-refractivity contribution in [2.24, 2.45) is 0 Å². The van der Waals surface area contributed by atoms with Crippen molar-refractivity contribution in [1.82, 2.24) is 10.2 Å². The highest BCUT2D eigenvalue weighted by atomic mass is 32.2. The second-order valence-corrected chi connectivity index (χ2v) is 6.64. The smallest absolute Gasteiger partial charge is 0.151 e. The molecule has 0 aromatic carbocycles. The molecule has 1 fully saturated rings. The zero-order chi connectivity index (χ0) is 12.2. The van der Waals surface area contributed by atoms with Gasteiger partial charge in [-0.1, -0.05) is 5.92 Å². The van der Waals surface area contributed by atoms with Crippen LogP contribution in [0, 0.1) is 12.3 Å². The number of nitrogens with one attached hydrogen (secondary N) is 1. The molecule has 92 valence electrons. The van der Waals surface area contributed by atoms with Crippen molar-refractivity contribution in [2.45, 2.75) is 25.4 Å². The number of terminal acetylenes is 1. The lowest BCUT2D eigenvalue weighted by molar-refractivity contribution is 0.197. The van der Waals surface area contributed by atoms with E-state index in [1.54, 1.807) is 0 Å². The number of likely N-dealkylation sites (N-methyl/N-ethyl adjacent to an activating group) is 1. The molecule has 4 nitrogen and oxygen atoms in total. The van der Waals surface area contributed by atoms with E-state index in [1.165, 1.54) is 0 Å². The Kier molecular flexibility index (Phi) is 4.78. The third-order valence-corrected chi connectivity index (χ3v) is 4.90. The summed E-state index contributed by atoms with van der Waals surface area (Å²) < 4.78 is 22.7. The lowest BCUT2D eigenvalue weighted by Crippen LogP contribution is -2.44. The van der Waals surface area contributed by atoms with Crippen LogP contribution in [0.1, 0.15) is 13.3 Å². The molecule has 16 heavy (non-hydrogen) atoms. The Morgan fingerprint density at radius 3 is 2.81 bits per heavy atom. The van der Waals surface area contributed by atoms with Crippen LogP contribution in [-0.2, 0) is 9.84 Å². The average Bonchev–Trinajstić information content (AvgIpc) is 2.58. The molecule has 0 aromatic rings. The van der Waals surface area contributed by atoms with Gasteiger partial charge in [-0.25, -0.2) is 8.42 Å². The maximum atomic E-state index is 11.4. The Bertz CT molecular complexity index is 359. The highest BCUT2D eigenvalue weighted by molar-refractivity contribution is 7.91. The highest BCUT2D eigenvalue weighted by Gasteiger charge is 2.32. The van der Waals surface area contributed by atoms with Crippen LogP contribution in [0.15, 0.2) is 0 Å². The van der Waals surface area contributed by atoms with Crippen LogP contribution in [0.4, 0.5) is 0 Å². The van der Waals surface area contributed by atoms with Gasteiger partial charge in [-0.05, 0) is 20.4 Å². The Morgan fingerprint density at radius 1 is 1.62 bits per heavy atom. The minimum atomic E-state index is -2.79. The fraction of sp³-hybridized carbons (Fsp3) is 0.818. The zero-order valence-corrected chi connectivity index (χ0v) is 10.8. The van der Waals surface area contributed by atoms with Gasteiger partial charge in [0.2, 0.25) is 0 Å². The zero-order valence-electron chi connectivity index (χ0n) is 9.94. The van der Waals surface area contributed by atoms with Crippen molar-refractivity contribution in [1.29, 1.82) is 0 Å². The second-order valence-electron chi connectivity index (χ2n) is 4.41. The first-order valence-corrected chi connectivity index (χ1v) is 7.35. The number of sulfone groups is 1. The van der Waals surface area contributed by atoms with E-state index >= 15 is 0 Å². The molecule has 0 aromatic heterocycles. The van der Waals surface area contributed by atoms with Gasteiger partial charge in [0.15, 0.2) is 9.84 Å². The van der Waals surface area contributed by atoms with Gasteiger partial charge < -0.3 is 5.32 Å². The van der Waals surface area contributed by atoms with Gasteiger partial charge in [0.05, 0.1) is 18.1 Å². The van der Waals surface area contributed by atoms with Gasteiger partial charge >= 0.3 is 0 Å². The number of nitrogens with zero attached hydrogens (tertiary/aromatic N) is 1. The van der Waals surface area contributed by atoms with E-state index in [1.807, 2.05) is 7.05 Å². The second kappa shape index (κ2) is 5.67. The summed E-state index contributed by atoms with van der Waals surface area (Å²) in [6, 6.07) is 0.458. The average molecular weight is 244 g/mol. The molecular formula is C11H20N2O2S. The molecule has 0 saturated carbocycles. The van der Waals surface area contributed by atoms with Gasteiger partial charge in [-0.3, -0.25) is 4.90 Å². The summed E-state index contributed by atoms with van der Waals surface area (Å²) in [5.41, 5.74) is 0. The van der Waals surface area contributed by atoms with Gasteiger partial charge in [0.1, 0.15) is 0 Å². The molecule has 0 radical (unpaired) electrons. The lowest BCUT2D eigenvalue weighted by atomic mass is 10.2. The van der Waals surface area contributed by atoms with Crippen molar-refractivity contribution in [3.05, 3.63) is 0 Å². The molecule has 1 saturated heterocycles. The number of hydrogen-bond donors (Lipinski definition) is 1. The Hall–Kier alpha value is -0.570. The molecule has 0 spiro atoms. The van der Waals surface area contributed by atoms with Crippen LogP contribution in [0.2, 0.25) is 0 Å². The molecule has 0 amide bonds. The summed E-state index contributed by atoms with van der Waals surface area (Å²) in [6.07, 6.45) is 5.89. The topological polar surface area (TPSA) is 49.4 Å². The van der Waals surface area contributed by atoms with Crippen LogP contribution in [0.25, 0.3) is 0 Å². The standard InChI is InChI=1S/C11H20N2O2S/c1-4-6-12-8-10(2)13(3)11-5-7-16(14,15)9-11/h1,10-12H,5-9H2,2-3H3. The van der Waals surface area contributed by atoms with E-state index in [0.717, 1.165) is 13.0 Å². The molecule has 1 N–H and O–H groups in total. The first kappa shape index (κ1) is 13.5. The summed E-state index contributed by atoms with van der Waals surface area (Å²) in [7, 11) is -0.814. The first-order valence-electron chi connectivity index (χ1n) is 5.53. The maximum Gasteiger partial charge on any atom is 0.151 e. The van der Waals surface area contributed by atoms with Gasteiger partial charge in [0.25, 0.3) is 0 Å². The van der Waals surface area contributed by atoms with Crippen molar-refractivity contribution in [2.75, 3.05) is 31.6 Å². The van der Waals surface area contributed by atoms with Crippen molar-refractivity contribution in [3.8, 4) is 12.3 Å². The fourth-order valence-electron chi connectivity index (χ4n) is 1.95. The molecule has 2 unspecified atom stereocenters. The SMILES string of the molecule is C#CCNCC(C)N(C)C1CCS(=O)(=O)C1. The molecule has 1 aliphatic rings. The van der Waals surface area contributed by atoms with Crippen molar-refractivity contribution >= 4 is 9.84 Å².